The Kier molecular flexibility index (Phi) is 39.8. The van der Waals surface area contributed by atoms with Crippen LogP contribution in [0.2, 0.25) is 0 Å². The van der Waals surface area contributed by atoms with Crippen LogP contribution in [0.5, 0.6) is 0 Å². The maximum atomic E-state index is 9.75. The molecule has 0 aliphatic carbocycles. The number of nitrogens with zero attached hydrogens (tertiary/aromatic N) is 2. The normalized spacial score (nSPS) is 8.72. The summed E-state index contributed by atoms with van der Waals surface area (Å²) in [5.74, 6) is 0. The van der Waals surface area contributed by atoms with E-state index < -0.39 is 14.5 Å². The molecule has 0 saturated heterocycles. The van der Waals surface area contributed by atoms with Crippen molar-refractivity contribution in [2.75, 3.05) is 41.3 Å². The first-order chi connectivity index (χ1) is 10.5. The van der Waals surface area contributed by atoms with Crippen molar-refractivity contribution in [1.82, 2.24) is 9.80 Å². The molecule has 0 unspecified atom stereocenters. The number of hydrogen-bond acceptors (Lipinski definition) is 4. The molecule has 0 heterocycles. The first kappa shape index (κ1) is 39.3. The van der Waals surface area contributed by atoms with Gasteiger partial charge in [-0.3, -0.25) is 9.59 Å². The third-order valence-electron chi connectivity index (χ3n) is 0.588. The summed E-state index contributed by atoms with van der Waals surface area (Å²) < 4.78 is 78.0. The molecule has 25 heavy (non-hydrogen) atoms. The second-order valence-electron chi connectivity index (χ2n) is 3.71. The maximum absolute atomic E-state index is 9.75. The Morgan fingerprint density at radius 2 is 0.760 bits per heavy atom. The Labute approximate surface area is 155 Å². The van der Waals surface area contributed by atoms with E-state index in [1.165, 1.54) is 9.80 Å². The van der Waals surface area contributed by atoms with Crippen LogP contribution in [0.25, 0.3) is 0 Å². The van der Waals surface area contributed by atoms with Gasteiger partial charge in [0.25, 0.3) is 0 Å². The minimum absolute atomic E-state index is 0. The van der Waals surface area contributed by atoms with Gasteiger partial charge in [-0.25, -0.2) is 0 Å². The van der Waals surface area contributed by atoms with Gasteiger partial charge in [-0.05, 0) is 0 Å². The van der Waals surface area contributed by atoms with Crippen molar-refractivity contribution in [3.8, 4) is 0 Å². The summed E-state index contributed by atoms with van der Waals surface area (Å²) in [5.41, 5.74) is 9.81. The van der Waals surface area contributed by atoms with Gasteiger partial charge in [0.15, 0.2) is 0 Å². The monoisotopic (exact) mass is 575 g/mol. The zero-order valence-corrected chi connectivity index (χ0v) is 16.2. The van der Waals surface area contributed by atoms with Gasteiger partial charge in [-0.15, -0.1) is 0 Å². The van der Waals surface area contributed by atoms with Gasteiger partial charge in [0, 0.05) is 41.3 Å². The number of hydrogen-bond donors (Lipinski definition) is 2. The van der Waals surface area contributed by atoms with E-state index >= 15 is 0 Å². The van der Waals surface area contributed by atoms with Crippen LogP contribution in [0, 0.1) is 0 Å². The molecule has 0 atom stereocenters. The quantitative estimate of drug-likeness (QED) is 0.298. The smallest absolute Gasteiger partial charge is 0.418 e. The maximum Gasteiger partial charge on any atom is 2.00 e. The van der Waals surface area contributed by atoms with Crippen molar-refractivity contribution >= 4 is 27.3 Å². The fraction of sp³-hybridized carbons (Fsp3) is 0.750. The minimum Gasteiger partial charge on any atom is -0.418 e. The molecule has 17 heteroatoms. The first-order valence-corrected chi connectivity index (χ1v) is 5.84. The van der Waals surface area contributed by atoms with Gasteiger partial charge >= 0.3 is 35.6 Å². The molecule has 0 spiro atoms. The fourth-order valence-corrected chi connectivity index (χ4v) is 0. The minimum atomic E-state index is -6.00. The van der Waals surface area contributed by atoms with E-state index in [9.17, 15) is 44.1 Å². The summed E-state index contributed by atoms with van der Waals surface area (Å²) in [5, 5.41) is 0. The number of carbonyl (C=O) groups is 2. The third-order valence-corrected chi connectivity index (χ3v) is 0.588. The van der Waals surface area contributed by atoms with Gasteiger partial charge in [0.05, 0.1) is 0 Å². The van der Waals surface area contributed by atoms with Gasteiger partial charge < -0.3 is 55.8 Å². The van der Waals surface area contributed by atoms with Crippen LogP contribution < -0.4 is 11.5 Å². The molecule has 0 saturated carbocycles. The Balaban J connectivity index is -0.0000000448. The molecule has 0 bridgehead atoms. The van der Waals surface area contributed by atoms with Crippen LogP contribution in [-0.4, -0.2) is 78.4 Å². The zero-order chi connectivity index (χ0) is 21.0. The van der Waals surface area contributed by atoms with E-state index in [1.807, 2.05) is 0 Å². The van der Waals surface area contributed by atoms with Crippen LogP contribution in [-0.2, 0) is 30.7 Å². The summed E-state index contributed by atoms with van der Waals surface area (Å²) in [6.45, 7) is 1.19. The summed E-state index contributed by atoms with van der Waals surface area (Å²) in [4.78, 5) is 21.8. The number of amides is 2. The van der Waals surface area contributed by atoms with Crippen LogP contribution in [0.15, 0.2) is 0 Å². The Hall–Kier alpha value is -0.882. The van der Waals surface area contributed by atoms with Crippen molar-refractivity contribution in [3.05, 3.63) is 0 Å². The van der Waals surface area contributed by atoms with Gasteiger partial charge in [-0.1, -0.05) is 0 Å². The molecule has 0 aromatic rings. The Morgan fingerprint density at radius 3 is 0.760 bits per heavy atom. The second-order valence-corrected chi connectivity index (χ2v) is 3.71. The number of nitrogens with two attached hydrogens (primary N) is 2. The first-order valence-electron chi connectivity index (χ1n) is 5.84. The van der Waals surface area contributed by atoms with Crippen molar-refractivity contribution in [1.29, 1.82) is 0 Å². The van der Waals surface area contributed by atoms with Crippen molar-refractivity contribution in [3.63, 3.8) is 0 Å². The molecular formula is C8H22B2F8N4O2Pt. The van der Waals surface area contributed by atoms with E-state index in [1.54, 1.807) is 28.2 Å². The summed E-state index contributed by atoms with van der Waals surface area (Å²) >= 11 is 0. The Morgan fingerprint density at radius 1 is 0.680 bits per heavy atom. The van der Waals surface area contributed by atoms with E-state index in [0.29, 0.717) is 13.1 Å². The Bertz CT molecular complexity index is 235. The molecule has 158 valence electrons. The van der Waals surface area contributed by atoms with E-state index in [0.717, 1.165) is 12.8 Å². The molecule has 0 aliphatic heterocycles. The molecule has 0 rings (SSSR count). The van der Waals surface area contributed by atoms with Crippen LogP contribution in [0.4, 0.5) is 34.5 Å². The zero-order valence-electron chi connectivity index (χ0n) is 13.9. The predicted octanol–water partition coefficient (Wildman–Crippen LogP) is 0.910. The topological polar surface area (TPSA) is 92.7 Å². The summed E-state index contributed by atoms with van der Waals surface area (Å²) in [7, 11) is -5.25. The van der Waals surface area contributed by atoms with E-state index in [-0.39, 0.29) is 21.1 Å². The number of carbonyl (C=O) groups excluding carboxylic acids is 2. The van der Waals surface area contributed by atoms with E-state index in [2.05, 4.69) is 0 Å². The molecule has 2 amide bonds. The molecule has 0 fully saturated rings. The average molecular weight is 575 g/mol. The largest absolute Gasteiger partial charge is 2.00 e. The van der Waals surface area contributed by atoms with Crippen LogP contribution in [0.1, 0.15) is 0 Å². The van der Waals surface area contributed by atoms with Crippen molar-refractivity contribution in [2.45, 2.75) is 0 Å². The number of halogens is 8. The average Bonchev–Trinajstić information content (AvgIpc) is 2.35. The molecule has 0 aliphatic rings. The van der Waals surface area contributed by atoms with Crippen molar-refractivity contribution < 1.29 is 65.2 Å². The molecular weight excluding hydrogens is 553 g/mol. The summed E-state index contributed by atoms with van der Waals surface area (Å²) in [6.07, 6.45) is 1.50. The van der Waals surface area contributed by atoms with Gasteiger partial charge in [0.1, 0.15) is 0 Å². The van der Waals surface area contributed by atoms with Crippen LogP contribution in [0.3, 0.4) is 0 Å². The van der Waals surface area contributed by atoms with Crippen molar-refractivity contribution in [2.24, 2.45) is 11.5 Å². The molecule has 0 aromatic heterocycles. The third kappa shape index (κ3) is 608. The summed E-state index contributed by atoms with van der Waals surface area (Å²) in [6, 6.07) is 0. The molecule has 6 nitrogen and oxygen atoms in total. The molecule has 0 radical (unpaired) electrons. The SMILES string of the molecule is CN(C)C=O.CN(C)C=O.F[B-](F)(F)F.F[B-](F)(F)F.NCCN.[Pt+2]. The molecule has 4 N–H and O–H groups in total. The number of rotatable bonds is 3. The van der Waals surface area contributed by atoms with Crippen LogP contribution >= 0.6 is 0 Å². The van der Waals surface area contributed by atoms with Gasteiger partial charge in [-0.2, -0.15) is 0 Å². The van der Waals surface area contributed by atoms with Gasteiger partial charge in [0.2, 0.25) is 12.8 Å². The molecule has 0 aromatic carbocycles. The second kappa shape index (κ2) is 25.4. The van der Waals surface area contributed by atoms with E-state index in [4.69, 9.17) is 11.5 Å². The standard InChI is InChI=1S/2C3H7NO.C2H8N2.2BF4.Pt/c2*1-4(2)3-5;3-1-2-4;2*2-1(3,4)5;/h2*3H,1-2H3;1-4H2;;;/q;;;2*-1;+2. The fourth-order valence-electron chi connectivity index (χ4n) is 0. The predicted molar refractivity (Wildman–Crippen MR) is 78.0 cm³/mol.